The number of phenolic OH excluding ortho intramolecular Hbond substituents is 1. The summed E-state index contributed by atoms with van der Waals surface area (Å²) >= 11 is 0. The molecule has 0 aliphatic rings. The second-order valence-electron chi connectivity index (χ2n) is 4.70. The Balaban J connectivity index is 2.20. The number of carbonyl (C=O) groups excluding carboxylic acids is 1. The number of aromatic hydroxyl groups is 1. The maximum absolute atomic E-state index is 12.0. The third-order valence-corrected chi connectivity index (χ3v) is 3.03. The molecule has 4 N–H and O–H groups in total. The van der Waals surface area contributed by atoms with Crippen molar-refractivity contribution in [2.75, 3.05) is 6.54 Å². The maximum Gasteiger partial charge on any atom is 0.255 e. The maximum atomic E-state index is 12.0. The van der Waals surface area contributed by atoms with Crippen LogP contribution >= 0.6 is 0 Å². The summed E-state index contributed by atoms with van der Waals surface area (Å²) in [5.74, 6) is -0.250. The van der Waals surface area contributed by atoms with Gasteiger partial charge in [0.15, 0.2) is 0 Å². The molecule has 0 bridgehead atoms. The molecule has 0 fully saturated rings. The summed E-state index contributed by atoms with van der Waals surface area (Å²) in [6.45, 7) is 2.39. The summed E-state index contributed by atoms with van der Waals surface area (Å²) in [6.07, 6.45) is 0.708. The summed E-state index contributed by atoms with van der Waals surface area (Å²) in [5.41, 5.74) is 5.92. The Morgan fingerprint density at radius 2 is 2.05 bits per heavy atom. The van der Waals surface area contributed by atoms with Crippen LogP contribution in [-0.4, -0.2) is 23.6 Å². The molecule has 4 nitrogen and oxygen atoms in total. The van der Waals surface area contributed by atoms with Crippen molar-refractivity contribution in [2.45, 2.75) is 19.4 Å². The highest BCUT2D eigenvalue weighted by atomic mass is 16.3. The van der Waals surface area contributed by atoms with Gasteiger partial charge in [-0.3, -0.25) is 4.79 Å². The molecular formula is C15H18N2O2. The number of benzene rings is 2. The molecule has 1 amide bonds. The third kappa shape index (κ3) is 3.03. The zero-order valence-corrected chi connectivity index (χ0v) is 10.9. The van der Waals surface area contributed by atoms with E-state index in [0.717, 1.165) is 5.39 Å². The van der Waals surface area contributed by atoms with Crippen LogP contribution in [0.15, 0.2) is 36.4 Å². The van der Waals surface area contributed by atoms with E-state index in [4.69, 9.17) is 5.73 Å². The monoisotopic (exact) mass is 258 g/mol. The van der Waals surface area contributed by atoms with Crippen LogP contribution in [0.3, 0.4) is 0 Å². The van der Waals surface area contributed by atoms with Crippen molar-refractivity contribution in [3.8, 4) is 5.75 Å². The van der Waals surface area contributed by atoms with Crippen molar-refractivity contribution < 1.29 is 9.90 Å². The number of carbonyl (C=O) groups is 1. The van der Waals surface area contributed by atoms with Gasteiger partial charge in [-0.1, -0.05) is 30.3 Å². The number of hydrogen-bond donors (Lipinski definition) is 3. The number of phenols is 1. The van der Waals surface area contributed by atoms with E-state index in [1.165, 1.54) is 0 Å². The highest BCUT2D eigenvalue weighted by molar-refractivity contribution is 6.03. The Bertz CT molecular complexity index is 594. The Hall–Kier alpha value is -2.07. The van der Waals surface area contributed by atoms with Crippen molar-refractivity contribution in [3.05, 3.63) is 42.0 Å². The lowest BCUT2D eigenvalue weighted by molar-refractivity contribution is 0.0950. The fraction of sp³-hybridized carbons (Fsp3) is 0.267. The first-order valence-electron chi connectivity index (χ1n) is 6.34. The molecule has 2 aromatic carbocycles. The molecule has 0 saturated carbocycles. The number of fused-ring (bicyclic) bond motifs is 1. The predicted molar refractivity (Wildman–Crippen MR) is 76.2 cm³/mol. The minimum absolute atomic E-state index is 0.0244. The molecule has 0 aliphatic heterocycles. The largest absolute Gasteiger partial charge is 0.506 e. The summed E-state index contributed by atoms with van der Waals surface area (Å²) < 4.78 is 0. The molecule has 1 unspecified atom stereocenters. The quantitative estimate of drug-likeness (QED) is 0.785. The Kier molecular flexibility index (Phi) is 4.02. The number of nitrogens with two attached hydrogens (primary N) is 1. The first-order chi connectivity index (χ1) is 9.09. The molecule has 0 heterocycles. The predicted octanol–water partition coefficient (Wildman–Crippen LogP) is 2.01. The van der Waals surface area contributed by atoms with Gasteiger partial charge < -0.3 is 16.2 Å². The minimum Gasteiger partial charge on any atom is -0.506 e. The van der Waals surface area contributed by atoms with Gasteiger partial charge in [-0.25, -0.2) is 0 Å². The van der Waals surface area contributed by atoms with E-state index in [9.17, 15) is 9.90 Å². The summed E-state index contributed by atoms with van der Waals surface area (Å²) in [4.78, 5) is 12.0. The molecule has 0 spiro atoms. The average molecular weight is 258 g/mol. The molecule has 0 aromatic heterocycles. The Morgan fingerprint density at radius 1 is 1.32 bits per heavy atom. The third-order valence-electron chi connectivity index (χ3n) is 3.03. The van der Waals surface area contributed by atoms with Crippen molar-refractivity contribution in [1.29, 1.82) is 0 Å². The summed E-state index contributed by atoms with van der Waals surface area (Å²) in [6, 6.07) is 10.9. The van der Waals surface area contributed by atoms with Crippen molar-refractivity contribution in [2.24, 2.45) is 5.73 Å². The molecule has 19 heavy (non-hydrogen) atoms. The Labute approximate surface area is 112 Å². The van der Waals surface area contributed by atoms with Crippen LogP contribution in [-0.2, 0) is 0 Å². The van der Waals surface area contributed by atoms with Gasteiger partial charge >= 0.3 is 0 Å². The highest BCUT2D eigenvalue weighted by Crippen LogP contribution is 2.28. The van der Waals surface area contributed by atoms with Crippen molar-refractivity contribution >= 4 is 16.7 Å². The fourth-order valence-electron chi connectivity index (χ4n) is 1.95. The normalized spacial score (nSPS) is 12.3. The van der Waals surface area contributed by atoms with Gasteiger partial charge in [0.2, 0.25) is 0 Å². The van der Waals surface area contributed by atoms with Crippen molar-refractivity contribution in [1.82, 2.24) is 5.32 Å². The number of rotatable bonds is 4. The lowest BCUT2D eigenvalue weighted by Gasteiger charge is -2.10. The summed E-state index contributed by atoms with van der Waals surface area (Å²) in [5, 5.41) is 14.5. The molecule has 0 aliphatic carbocycles. The van der Waals surface area contributed by atoms with E-state index in [2.05, 4.69) is 5.32 Å². The van der Waals surface area contributed by atoms with E-state index in [0.29, 0.717) is 23.9 Å². The van der Waals surface area contributed by atoms with E-state index in [-0.39, 0.29) is 17.7 Å². The molecular weight excluding hydrogens is 240 g/mol. The van der Waals surface area contributed by atoms with Crippen LogP contribution in [0.5, 0.6) is 5.75 Å². The lowest BCUT2D eigenvalue weighted by Crippen LogP contribution is -2.28. The number of nitrogens with one attached hydrogen (secondary N) is 1. The number of amides is 1. The second-order valence-corrected chi connectivity index (χ2v) is 4.70. The molecule has 0 saturated heterocycles. The van der Waals surface area contributed by atoms with E-state index in [1.54, 1.807) is 12.1 Å². The summed E-state index contributed by atoms with van der Waals surface area (Å²) in [7, 11) is 0. The fourth-order valence-corrected chi connectivity index (χ4v) is 1.95. The topological polar surface area (TPSA) is 75.3 Å². The van der Waals surface area contributed by atoms with Gasteiger partial charge in [-0.15, -0.1) is 0 Å². The molecule has 2 aromatic rings. The van der Waals surface area contributed by atoms with Crippen LogP contribution in [0.2, 0.25) is 0 Å². The molecule has 2 rings (SSSR count). The zero-order valence-electron chi connectivity index (χ0n) is 10.9. The zero-order chi connectivity index (χ0) is 13.8. The highest BCUT2D eigenvalue weighted by Gasteiger charge is 2.13. The molecule has 100 valence electrons. The van der Waals surface area contributed by atoms with Crippen LogP contribution in [0, 0.1) is 0 Å². The van der Waals surface area contributed by atoms with Crippen LogP contribution in [0.4, 0.5) is 0 Å². The lowest BCUT2D eigenvalue weighted by atomic mass is 10.0. The molecule has 4 heteroatoms. The number of hydrogen-bond acceptors (Lipinski definition) is 3. The van der Waals surface area contributed by atoms with Crippen LogP contribution in [0.25, 0.3) is 10.8 Å². The van der Waals surface area contributed by atoms with Gasteiger partial charge in [0, 0.05) is 18.0 Å². The van der Waals surface area contributed by atoms with Gasteiger partial charge in [-0.05, 0) is 24.8 Å². The van der Waals surface area contributed by atoms with E-state index in [1.807, 2.05) is 31.2 Å². The molecule has 0 radical (unpaired) electrons. The standard InChI is InChI=1S/C15H18N2O2/c1-10(16)8-9-17-15(19)13-7-6-11-4-2-3-5-12(11)14(13)18/h2-7,10,18H,8-9,16H2,1H3,(H,17,19). The van der Waals surface area contributed by atoms with Gasteiger partial charge in [0.05, 0.1) is 5.56 Å². The minimum atomic E-state index is -0.274. The second kappa shape index (κ2) is 5.71. The van der Waals surface area contributed by atoms with Gasteiger partial charge in [0.1, 0.15) is 5.75 Å². The SMILES string of the molecule is CC(N)CCNC(=O)c1ccc2ccccc2c1O. The van der Waals surface area contributed by atoms with Gasteiger partial charge in [-0.2, -0.15) is 0 Å². The Morgan fingerprint density at radius 3 is 2.79 bits per heavy atom. The van der Waals surface area contributed by atoms with Crippen LogP contribution in [0.1, 0.15) is 23.7 Å². The molecule has 1 atom stereocenters. The average Bonchev–Trinajstić information content (AvgIpc) is 2.39. The van der Waals surface area contributed by atoms with E-state index >= 15 is 0 Å². The van der Waals surface area contributed by atoms with Crippen molar-refractivity contribution in [3.63, 3.8) is 0 Å². The first-order valence-corrected chi connectivity index (χ1v) is 6.34. The van der Waals surface area contributed by atoms with Gasteiger partial charge in [0.25, 0.3) is 5.91 Å². The van der Waals surface area contributed by atoms with E-state index < -0.39 is 0 Å². The van der Waals surface area contributed by atoms with Crippen LogP contribution < -0.4 is 11.1 Å². The smallest absolute Gasteiger partial charge is 0.255 e. The first kappa shape index (κ1) is 13.4.